The molecule has 0 saturated heterocycles. The highest BCUT2D eigenvalue weighted by Gasteiger charge is 2.11. The molecule has 0 unspecified atom stereocenters. The van der Waals surface area contributed by atoms with Crippen molar-refractivity contribution < 1.29 is 4.79 Å². The van der Waals surface area contributed by atoms with Gasteiger partial charge in [-0.15, -0.1) is 0 Å². The molecule has 0 spiro atoms. The largest absolute Gasteiger partial charge is 0.300 e. The zero-order valence-corrected chi connectivity index (χ0v) is 14.0. The van der Waals surface area contributed by atoms with Gasteiger partial charge in [0.2, 0.25) is 5.91 Å². The van der Waals surface area contributed by atoms with Gasteiger partial charge >= 0.3 is 0 Å². The van der Waals surface area contributed by atoms with E-state index in [1.54, 1.807) is 10.9 Å². The fraction of sp³-hybridized carbons (Fsp3) is 0.214. The minimum absolute atomic E-state index is 0.135. The van der Waals surface area contributed by atoms with Crippen molar-refractivity contribution in [3.05, 3.63) is 40.1 Å². The van der Waals surface area contributed by atoms with Gasteiger partial charge in [0.15, 0.2) is 5.13 Å². The fourth-order valence-electron chi connectivity index (χ4n) is 1.96. The van der Waals surface area contributed by atoms with Gasteiger partial charge < -0.3 is 5.32 Å². The Bertz CT molecular complexity index is 824. The summed E-state index contributed by atoms with van der Waals surface area (Å²) in [5, 5.41) is 7.59. The molecule has 0 fully saturated rings. The number of benzene rings is 1. The Labute approximate surface area is 134 Å². The van der Waals surface area contributed by atoms with Crippen molar-refractivity contribution in [1.29, 1.82) is 0 Å². The number of hydrogen-bond donors (Lipinski definition) is 1. The van der Waals surface area contributed by atoms with Crippen LogP contribution in [0.15, 0.2) is 28.9 Å². The summed E-state index contributed by atoms with van der Waals surface area (Å²) in [7, 11) is 0. The Balaban J connectivity index is 1.75. The van der Waals surface area contributed by atoms with Crippen molar-refractivity contribution in [2.45, 2.75) is 20.4 Å². The molecule has 1 N–H and O–H groups in total. The number of carbonyl (C=O) groups excluding carboxylic acids is 1. The van der Waals surface area contributed by atoms with Gasteiger partial charge in [-0.05, 0) is 47.5 Å². The number of fused-ring (bicyclic) bond motifs is 1. The molecule has 2 aromatic heterocycles. The molecule has 3 aromatic rings. The Hall–Kier alpha value is -1.73. The van der Waals surface area contributed by atoms with E-state index in [0.717, 1.165) is 20.4 Å². The SMILES string of the molecule is Cc1ccc2nc(NC(=O)Cn3ncc(Br)c3C)sc2c1. The monoisotopic (exact) mass is 364 g/mol. The molecule has 0 saturated carbocycles. The number of carbonyl (C=O) groups is 1. The second kappa shape index (κ2) is 5.57. The van der Waals surface area contributed by atoms with Crippen molar-refractivity contribution >= 4 is 48.5 Å². The van der Waals surface area contributed by atoms with Crippen LogP contribution >= 0.6 is 27.3 Å². The first-order valence-electron chi connectivity index (χ1n) is 6.38. The molecular formula is C14H13BrN4OS. The lowest BCUT2D eigenvalue weighted by atomic mass is 10.2. The summed E-state index contributed by atoms with van der Waals surface area (Å²) in [6, 6.07) is 6.04. The molecule has 3 rings (SSSR count). The molecular weight excluding hydrogens is 352 g/mol. The number of hydrogen-bond acceptors (Lipinski definition) is 4. The van der Waals surface area contributed by atoms with Crippen molar-refractivity contribution in [2.24, 2.45) is 0 Å². The second-order valence-corrected chi connectivity index (χ2v) is 6.66. The molecule has 1 aromatic carbocycles. The highest BCUT2D eigenvalue weighted by Crippen LogP contribution is 2.26. The molecule has 0 aliphatic rings. The van der Waals surface area contributed by atoms with Crippen LogP contribution in [0.1, 0.15) is 11.3 Å². The van der Waals surface area contributed by atoms with Gasteiger partial charge in [0.05, 0.1) is 26.6 Å². The quantitative estimate of drug-likeness (QED) is 0.773. The summed E-state index contributed by atoms with van der Waals surface area (Å²) in [6.45, 7) is 4.12. The highest BCUT2D eigenvalue weighted by molar-refractivity contribution is 9.10. The van der Waals surface area contributed by atoms with Crippen LogP contribution in [-0.4, -0.2) is 20.7 Å². The van der Waals surface area contributed by atoms with Gasteiger partial charge in [0, 0.05) is 0 Å². The lowest BCUT2D eigenvalue weighted by Crippen LogP contribution is -2.20. The first-order chi connectivity index (χ1) is 10.0. The van der Waals surface area contributed by atoms with Crippen LogP contribution in [-0.2, 0) is 11.3 Å². The van der Waals surface area contributed by atoms with E-state index in [9.17, 15) is 4.79 Å². The zero-order chi connectivity index (χ0) is 15.0. The van der Waals surface area contributed by atoms with Crippen LogP contribution in [0.3, 0.4) is 0 Å². The molecule has 7 heteroatoms. The maximum absolute atomic E-state index is 12.1. The van der Waals surface area contributed by atoms with Crippen LogP contribution in [0, 0.1) is 13.8 Å². The van der Waals surface area contributed by atoms with Gasteiger partial charge in [-0.25, -0.2) is 4.98 Å². The minimum atomic E-state index is -0.135. The van der Waals surface area contributed by atoms with E-state index in [1.807, 2.05) is 26.0 Å². The Morgan fingerprint density at radius 3 is 2.95 bits per heavy atom. The van der Waals surface area contributed by atoms with Gasteiger partial charge in [-0.2, -0.15) is 5.10 Å². The van der Waals surface area contributed by atoms with E-state index >= 15 is 0 Å². The number of halogens is 1. The summed E-state index contributed by atoms with van der Waals surface area (Å²) < 4.78 is 3.62. The number of anilines is 1. The lowest BCUT2D eigenvalue weighted by Gasteiger charge is -2.04. The van der Waals surface area contributed by atoms with Gasteiger partial charge in [0.25, 0.3) is 0 Å². The first-order valence-corrected chi connectivity index (χ1v) is 7.99. The smallest absolute Gasteiger partial charge is 0.247 e. The summed E-state index contributed by atoms with van der Waals surface area (Å²) in [6.07, 6.45) is 1.68. The molecule has 0 bridgehead atoms. The summed E-state index contributed by atoms with van der Waals surface area (Å²) >= 11 is 4.86. The molecule has 2 heterocycles. The molecule has 0 atom stereocenters. The third kappa shape index (κ3) is 2.98. The zero-order valence-electron chi connectivity index (χ0n) is 11.6. The second-order valence-electron chi connectivity index (χ2n) is 4.77. The molecule has 0 aliphatic carbocycles. The summed E-state index contributed by atoms with van der Waals surface area (Å²) in [5.41, 5.74) is 3.00. The molecule has 1 amide bonds. The van der Waals surface area contributed by atoms with Gasteiger partial charge in [0.1, 0.15) is 6.54 Å². The minimum Gasteiger partial charge on any atom is -0.300 e. The average Bonchev–Trinajstić information content (AvgIpc) is 2.95. The summed E-state index contributed by atoms with van der Waals surface area (Å²) in [5.74, 6) is -0.135. The molecule has 0 aliphatic heterocycles. The van der Waals surface area contributed by atoms with Crippen LogP contribution in [0.2, 0.25) is 0 Å². The number of rotatable bonds is 3. The number of amides is 1. The van der Waals surface area contributed by atoms with Crippen molar-refractivity contribution in [1.82, 2.24) is 14.8 Å². The van der Waals surface area contributed by atoms with Crippen LogP contribution < -0.4 is 5.32 Å². The van der Waals surface area contributed by atoms with Crippen molar-refractivity contribution in [2.75, 3.05) is 5.32 Å². The third-order valence-electron chi connectivity index (χ3n) is 3.13. The molecule has 0 radical (unpaired) electrons. The number of aryl methyl sites for hydroxylation is 1. The maximum atomic E-state index is 12.1. The van der Waals surface area contributed by atoms with Gasteiger partial charge in [-0.1, -0.05) is 17.4 Å². The predicted molar refractivity (Wildman–Crippen MR) is 87.7 cm³/mol. The molecule has 5 nitrogen and oxygen atoms in total. The third-order valence-corrected chi connectivity index (χ3v) is 4.84. The Morgan fingerprint density at radius 2 is 2.24 bits per heavy atom. The average molecular weight is 365 g/mol. The van der Waals surface area contributed by atoms with Crippen molar-refractivity contribution in [3.63, 3.8) is 0 Å². The predicted octanol–water partition coefficient (Wildman–Crippen LogP) is 3.51. The van der Waals surface area contributed by atoms with E-state index < -0.39 is 0 Å². The topological polar surface area (TPSA) is 59.8 Å². The van der Waals surface area contributed by atoms with E-state index in [-0.39, 0.29) is 12.5 Å². The number of nitrogens with one attached hydrogen (secondary N) is 1. The molecule has 21 heavy (non-hydrogen) atoms. The normalized spacial score (nSPS) is 11.0. The highest BCUT2D eigenvalue weighted by atomic mass is 79.9. The van der Waals surface area contributed by atoms with Crippen LogP contribution in [0.4, 0.5) is 5.13 Å². The number of thiazole rings is 1. The van der Waals surface area contributed by atoms with Crippen LogP contribution in [0.5, 0.6) is 0 Å². The van der Waals surface area contributed by atoms with E-state index in [1.165, 1.54) is 16.9 Å². The maximum Gasteiger partial charge on any atom is 0.247 e. The van der Waals surface area contributed by atoms with Gasteiger partial charge in [-0.3, -0.25) is 9.48 Å². The van der Waals surface area contributed by atoms with Crippen LogP contribution in [0.25, 0.3) is 10.2 Å². The Kier molecular flexibility index (Phi) is 3.77. The molecule has 108 valence electrons. The summed E-state index contributed by atoms with van der Waals surface area (Å²) in [4.78, 5) is 16.5. The first kappa shape index (κ1) is 14.2. The van der Waals surface area contributed by atoms with E-state index in [0.29, 0.717) is 5.13 Å². The Morgan fingerprint density at radius 1 is 1.43 bits per heavy atom. The lowest BCUT2D eigenvalue weighted by molar-refractivity contribution is -0.116. The van der Waals surface area contributed by atoms with E-state index in [4.69, 9.17) is 0 Å². The number of nitrogens with zero attached hydrogens (tertiary/aromatic N) is 3. The fourth-order valence-corrected chi connectivity index (χ4v) is 3.24. The number of aromatic nitrogens is 3. The standard InChI is InChI=1S/C14H13BrN4OS/c1-8-3-4-11-12(5-8)21-14(17-11)18-13(20)7-19-9(2)10(15)6-16-19/h3-6H,7H2,1-2H3,(H,17,18,20). The van der Waals surface area contributed by atoms with Crippen molar-refractivity contribution in [3.8, 4) is 0 Å². The van der Waals surface area contributed by atoms with E-state index in [2.05, 4.69) is 37.4 Å².